The van der Waals surface area contributed by atoms with Crippen LogP contribution in [0.15, 0.2) is 91.6 Å². The lowest BCUT2D eigenvalue weighted by atomic mass is 10.1. The average Bonchev–Trinajstić information content (AvgIpc) is 2.99. The number of hydrogen-bond acceptors (Lipinski definition) is 7. The molecule has 0 saturated heterocycles. The number of rotatable bonds is 10. The van der Waals surface area contributed by atoms with Gasteiger partial charge >= 0.3 is 5.97 Å². The molecule has 0 aliphatic heterocycles. The molecule has 4 rings (SSSR count). The second-order valence-electron chi connectivity index (χ2n) is 8.27. The number of nitrogens with two attached hydrogens (primary N) is 1. The molecule has 216 valence electrons. The van der Waals surface area contributed by atoms with Crippen molar-refractivity contribution in [1.82, 2.24) is 4.98 Å². The summed E-state index contributed by atoms with van der Waals surface area (Å²) >= 11 is 0. The van der Waals surface area contributed by atoms with Gasteiger partial charge in [0.15, 0.2) is 11.5 Å². The Morgan fingerprint density at radius 3 is 2.29 bits per heavy atom. The number of carboxylic acids is 1. The van der Waals surface area contributed by atoms with Crippen molar-refractivity contribution in [2.75, 3.05) is 19.0 Å². The largest absolute Gasteiger partial charge is 0.493 e. The van der Waals surface area contributed by atoms with Crippen LogP contribution in [0.5, 0.6) is 23.0 Å². The molecule has 0 fully saturated rings. The molecule has 1 atom stereocenters. The average molecular weight is 560 g/mol. The summed E-state index contributed by atoms with van der Waals surface area (Å²) in [4.78, 5) is 27.6. The molecule has 1 heterocycles. The summed E-state index contributed by atoms with van der Waals surface area (Å²) in [6, 6.07) is 20.2. The van der Waals surface area contributed by atoms with Crippen molar-refractivity contribution in [3.63, 3.8) is 0 Å². The lowest BCUT2D eigenvalue weighted by molar-refractivity contribution is -0.138. The summed E-state index contributed by atoms with van der Waals surface area (Å²) in [5.74, 6) is 0.716. The number of carboxylic acid groups (broad SMARTS) is 1. The smallest absolute Gasteiger partial charge is 0.320 e. The number of fused-ring (bicyclic) bond motifs is 1. The van der Waals surface area contributed by atoms with Gasteiger partial charge in [-0.05, 0) is 55.5 Å². The number of allylic oxidation sites excluding steroid dienone is 1. The quantitative estimate of drug-likeness (QED) is 0.183. The van der Waals surface area contributed by atoms with Crippen molar-refractivity contribution in [2.24, 2.45) is 5.73 Å². The molecule has 4 N–H and O–H groups in total. The van der Waals surface area contributed by atoms with Gasteiger partial charge in [0.1, 0.15) is 17.5 Å². The molecule has 0 radical (unpaired) electrons. The van der Waals surface area contributed by atoms with Crippen LogP contribution < -0.4 is 25.3 Å². The highest BCUT2D eigenvalue weighted by atomic mass is 16.5. The minimum atomic E-state index is -1.08. The normalized spacial score (nSPS) is 10.6. The number of aromatic nitrogens is 1. The van der Waals surface area contributed by atoms with Gasteiger partial charge in [-0.25, -0.2) is 0 Å². The summed E-state index contributed by atoms with van der Waals surface area (Å²) in [7, 11) is 1.51. The van der Waals surface area contributed by atoms with Crippen LogP contribution in [0.3, 0.4) is 0 Å². The van der Waals surface area contributed by atoms with Crippen LogP contribution >= 0.6 is 0 Å². The SMILES string of the molecule is C=CC.CC.COc1cc2c(Oc3ccc(NC(=O)c4ccccc4)cc3)ccnc2cc1OCC[C@H](N)C(=O)O. The molecule has 1 aromatic heterocycles. The van der Waals surface area contributed by atoms with Crippen molar-refractivity contribution in [3.8, 4) is 23.0 Å². The molecule has 0 bridgehead atoms. The first-order valence-electron chi connectivity index (χ1n) is 13.2. The summed E-state index contributed by atoms with van der Waals surface area (Å²) in [6.45, 7) is 9.36. The number of benzene rings is 3. The molecule has 0 aliphatic carbocycles. The second kappa shape index (κ2) is 16.9. The standard InChI is InChI=1S/C27H25N3O6.C3H6.C2H6/c1-34-24-15-20-22(16-25(24)35-14-12-21(28)27(32)33)29-13-11-23(20)36-19-9-7-18(8-10-19)30-26(31)17-5-3-2-4-6-17;1-3-2;1-2/h2-11,13,15-16,21H,12,14,28H2,1H3,(H,30,31)(H,32,33);3H,1H2,2H3;1-2H3/t21-;;/m0../s1. The third-order valence-corrected chi connectivity index (χ3v) is 5.37. The third kappa shape index (κ3) is 9.66. The topological polar surface area (TPSA) is 133 Å². The van der Waals surface area contributed by atoms with Gasteiger partial charge in [-0.15, -0.1) is 6.58 Å². The Morgan fingerprint density at radius 2 is 1.68 bits per heavy atom. The predicted octanol–water partition coefficient (Wildman–Crippen LogP) is 6.69. The first kappa shape index (κ1) is 32.3. The lowest BCUT2D eigenvalue weighted by Crippen LogP contribution is -2.31. The van der Waals surface area contributed by atoms with Crippen LogP contribution in [0.25, 0.3) is 10.9 Å². The van der Waals surface area contributed by atoms with Crippen molar-refractivity contribution in [2.45, 2.75) is 33.2 Å². The van der Waals surface area contributed by atoms with E-state index in [0.29, 0.717) is 45.2 Å². The number of amides is 1. The zero-order chi connectivity index (χ0) is 30.2. The van der Waals surface area contributed by atoms with Crippen LogP contribution in [0.4, 0.5) is 5.69 Å². The van der Waals surface area contributed by atoms with E-state index >= 15 is 0 Å². The van der Waals surface area contributed by atoms with Crippen LogP contribution in [0.1, 0.15) is 37.6 Å². The van der Waals surface area contributed by atoms with Crippen molar-refractivity contribution >= 4 is 28.5 Å². The van der Waals surface area contributed by atoms with E-state index in [-0.39, 0.29) is 18.9 Å². The summed E-state index contributed by atoms with van der Waals surface area (Å²) in [5, 5.41) is 12.5. The molecule has 41 heavy (non-hydrogen) atoms. The van der Waals surface area contributed by atoms with Gasteiger partial charge in [0.05, 0.1) is 19.2 Å². The Kier molecular flexibility index (Phi) is 13.4. The summed E-state index contributed by atoms with van der Waals surface area (Å²) in [6.07, 6.45) is 3.51. The van der Waals surface area contributed by atoms with Gasteiger partial charge < -0.3 is 30.4 Å². The van der Waals surface area contributed by atoms with Crippen LogP contribution in [0, 0.1) is 0 Å². The van der Waals surface area contributed by atoms with E-state index in [4.69, 9.17) is 25.1 Å². The Morgan fingerprint density at radius 1 is 1.02 bits per heavy atom. The van der Waals surface area contributed by atoms with Crippen LogP contribution in [-0.2, 0) is 4.79 Å². The van der Waals surface area contributed by atoms with E-state index in [0.717, 1.165) is 0 Å². The number of nitrogens with zero attached hydrogens (tertiary/aromatic N) is 1. The molecule has 0 aliphatic rings. The molecule has 1 amide bonds. The number of pyridine rings is 1. The number of nitrogens with one attached hydrogen (secondary N) is 1. The Hall–Kier alpha value is -4.89. The highest BCUT2D eigenvalue weighted by molar-refractivity contribution is 6.04. The van der Waals surface area contributed by atoms with Crippen LogP contribution in [-0.4, -0.2) is 41.7 Å². The number of carbonyl (C=O) groups is 2. The Bertz CT molecular complexity index is 1410. The van der Waals surface area contributed by atoms with Crippen molar-refractivity contribution < 1.29 is 28.9 Å². The van der Waals surface area contributed by atoms with Gasteiger partial charge in [-0.2, -0.15) is 0 Å². The Labute approximate surface area is 240 Å². The van der Waals surface area contributed by atoms with E-state index in [1.165, 1.54) is 7.11 Å². The maximum atomic E-state index is 12.3. The van der Waals surface area contributed by atoms with E-state index in [9.17, 15) is 9.59 Å². The van der Waals surface area contributed by atoms with Gasteiger partial charge in [-0.3, -0.25) is 14.6 Å². The second-order valence-corrected chi connectivity index (χ2v) is 8.27. The highest BCUT2D eigenvalue weighted by Gasteiger charge is 2.15. The van der Waals surface area contributed by atoms with Crippen LogP contribution in [0.2, 0.25) is 0 Å². The fourth-order valence-corrected chi connectivity index (χ4v) is 3.44. The van der Waals surface area contributed by atoms with Gasteiger partial charge in [0.25, 0.3) is 5.91 Å². The molecule has 0 unspecified atom stereocenters. The molecule has 3 aromatic carbocycles. The predicted molar refractivity (Wildman–Crippen MR) is 162 cm³/mol. The maximum Gasteiger partial charge on any atom is 0.320 e. The third-order valence-electron chi connectivity index (χ3n) is 5.37. The zero-order valence-electron chi connectivity index (χ0n) is 23.8. The summed E-state index contributed by atoms with van der Waals surface area (Å²) in [5.41, 5.74) is 7.36. The van der Waals surface area contributed by atoms with Crippen molar-refractivity contribution in [1.29, 1.82) is 0 Å². The minimum Gasteiger partial charge on any atom is -0.493 e. The monoisotopic (exact) mass is 559 g/mol. The number of methoxy groups -OCH3 is 1. The van der Waals surface area contributed by atoms with Gasteiger partial charge in [0, 0.05) is 35.3 Å². The number of ether oxygens (including phenoxy) is 3. The maximum absolute atomic E-state index is 12.3. The molecule has 9 nitrogen and oxygen atoms in total. The number of carbonyl (C=O) groups excluding carboxylic acids is 1. The molecule has 0 spiro atoms. The molecular formula is C32H37N3O6. The van der Waals surface area contributed by atoms with Crippen molar-refractivity contribution in [3.05, 3.63) is 97.2 Å². The number of hydrogen-bond donors (Lipinski definition) is 3. The van der Waals surface area contributed by atoms with Gasteiger partial charge in [-0.1, -0.05) is 38.1 Å². The minimum absolute atomic E-state index is 0.110. The van der Waals surface area contributed by atoms with E-state index in [1.807, 2.05) is 39.0 Å². The molecule has 4 aromatic rings. The fourth-order valence-electron chi connectivity index (χ4n) is 3.44. The molecular weight excluding hydrogens is 522 g/mol. The molecule has 9 heteroatoms. The Balaban J connectivity index is 0.00000110. The highest BCUT2D eigenvalue weighted by Crippen LogP contribution is 2.37. The van der Waals surface area contributed by atoms with E-state index < -0.39 is 12.0 Å². The number of aliphatic carboxylic acids is 1. The van der Waals surface area contributed by atoms with Gasteiger partial charge in [0.2, 0.25) is 0 Å². The van der Waals surface area contributed by atoms with E-state index in [2.05, 4.69) is 16.9 Å². The van der Waals surface area contributed by atoms with E-state index in [1.54, 1.807) is 66.9 Å². The molecule has 0 saturated carbocycles. The lowest BCUT2D eigenvalue weighted by Gasteiger charge is -2.15. The first-order valence-corrected chi connectivity index (χ1v) is 13.2. The zero-order valence-corrected chi connectivity index (χ0v) is 23.8. The number of anilines is 1. The fraction of sp³-hybridized carbons (Fsp3) is 0.219. The first-order chi connectivity index (χ1) is 19.9. The summed E-state index contributed by atoms with van der Waals surface area (Å²) < 4.78 is 17.2.